The quantitative estimate of drug-likeness (QED) is 0.463. The number of anilines is 2. The summed E-state index contributed by atoms with van der Waals surface area (Å²) in [5, 5.41) is 6.79. The van der Waals surface area contributed by atoms with Crippen molar-refractivity contribution in [2.24, 2.45) is 11.8 Å². The third-order valence-corrected chi connectivity index (χ3v) is 6.73. The molecule has 190 valence electrons. The molecule has 3 aromatic rings. The molecule has 0 spiro atoms. The number of piperidine rings is 1. The number of nitrogens with one attached hydrogen (secondary N) is 2. The van der Waals surface area contributed by atoms with E-state index in [2.05, 4.69) is 42.4 Å². The number of methoxy groups -OCH3 is 1. The summed E-state index contributed by atoms with van der Waals surface area (Å²) >= 11 is 0. The van der Waals surface area contributed by atoms with Gasteiger partial charge in [0.1, 0.15) is 11.6 Å². The predicted octanol–water partition coefficient (Wildman–Crippen LogP) is 5.07. The first-order chi connectivity index (χ1) is 17.3. The van der Waals surface area contributed by atoms with Crippen molar-refractivity contribution in [1.82, 2.24) is 10.3 Å². The van der Waals surface area contributed by atoms with E-state index in [-0.39, 0.29) is 24.7 Å². The van der Waals surface area contributed by atoms with Crippen LogP contribution in [0.3, 0.4) is 0 Å². The van der Waals surface area contributed by atoms with Gasteiger partial charge < -0.3 is 20.3 Å². The lowest BCUT2D eigenvalue weighted by molar-refractivity contribution is -0.124. The third-order valence-electron chi connectivity index (χ3n) is 6.73. The molecule has 7 heteroatoms. The van der Waals surface area contributed by atoms with Gasteiger partial charge in [0, 0.05) is 49.1 Å². The molecule has 7 nitrogen and oxygen atoms in total. The standard InChI is InChI=1S/C29H36N4O3/c1-19-13-20(2)18-33(17-19)27-14-21(3)24-15-23(9-10-25(24)32-27)31-29(35)12-11-28(34)30-16-22-7-5-6-8-26(22)36-4/h5-10,14-15,19-20H,11-13,16-18H2,1-4H3,(H,30,34)(H,31,35)/t19-,20-/m0/s1. The minimum atomic E-state index is -0.194. The second kappa shape index (κ2) is 11.4. The van der Waals surface area contributed by atoms with Crippen molar-refractivity contribution in [2.45, 2.75) is 46.6 Å². The van der Waals surface area contributed by atoms with E-state index in [1.165, 1.54) is 6.42 Å². The highest BCUT2D eigenvalue weighted by Gasteiger charge is 2.23. The second-order valence-corrected chi connectivity index (χ2v) is 10.0. The average Bonchev–Trinajstić information content (AvgIpc) is 2.86. The molecule has 1 aromatic heterocycles. The van der Waals surface area contributed by atoms with Gasteiger partial charge in [0.15, 0.2) is 0 Å². The van der Waals surface area contributed by atoms with Gasteiger partial charge in [0.05, 0.1) is 12.6 Å². The molecule has 2 aromatic carbocycles. The molecule has 2 heterocycles. The van der Waals surface area contributed by atoms with Gasteiger partial charge in [0.2, 0.25) is 11.8 Å². The highest BCUT2D eigenvalue weighted by molar-refractivity contribution is 5.96. The fourth-order valence-electron chi connectivity index (χ4n) is 5.05. The first-order valence-corrected chi connectivity index (χ1v) is 12.7. The SMILES string of the molecule is COc1ccccc1CNC(=O)CCC(=O)Nc1ccc2nc(N3C[C@@H](C)C[C@H](C)C3)cc(C)c2c1. The van der Waals surface area contributed by atoms with Gasteiger partial charge in [0.25, 0.3) is 0 Å². The summed E-state index contributed by atoms with van der Waals surface area (Å²) in [6.07, 6.45) is 1.48. The molecule has 1 aliphatic heterocycles. The highest BCUT2D eigenvalue weighted by atomic mass is 16.5. The molecule has 4 rings (SSSR count). The van der Waals surface area contributed by atoms with E-state index in [1.807, 2.05) is 42.5 Å². The number of hydrogen-bond donors (Lipinski definition) is 2. The Kier molecular flexibility index (Phi) is 8.08. The molecular weight excluding hydrogens is 452 g/mol. The van der Waals surface area contributed by atoms with E-state index >= 15 is 0 Å². The van der Waals surface area contributed by atoms with Crippen LogP contribution < -0.4 is 20.3 Å². The number of benzene rings is 2. The number of hydrogen-bond acceptors (Lipinski definition) is 5. The van der Waals surface area contributed by atoms with Gasteiger partial charge in [-0.2, -0.15) is 0 Å². The topological polar surface area (TPSA) is 83.6 Å². The van der Waals surface area contributed by atoms with Crippen LogP contribution in [0.1, 0.15) is 44.2 Å². The monoisotopic (exact) mass is 488 g/mol. The Labute approximate surface area is 213 Å². The molecule has 0 bridgehead atoms. The maximum Gasteiger partial charge on any atom is 0.224 e. The number of pyridine rings is 1. The Bertz CT molecular complexity index is 1230. The number of para-hydroxylation sites is 1. The Morgan fingerprint density at radius 1 is 1.03 bits per heavy atom. The number of carbonyl (C=O) groups is 2. The summed E-state index contributed by atoms with van der Waals surface area (Å²) in [6, 6.07) is 15.5. The maximum atomic E-state index is 12.5. The zero-order chi connectivity index (χ0) is 25.7. The van der Waals surface area contributed by atoms with Crippen molar-refractivity contribution in [3.05, 3.63) is 59.7 Å². The van der Waals surface area contributed by atoms with Gasteiger partial charge in [-0.1, -0.05) is 32.0 Å². The molecule has 0 radical (unpaired) electrons. The summed E-state index contributed by atoms with van der Waals surface area (Å²) < 4.78 is 5.30. The van der Waals surface area contributed by atoms with Crippen LogP contribution in [0.4, 0.5) is 11.5 Å². The zero-order valence-electron chi connectivity index (χ0n) is 21.6. The largest absolute Gasteiger partial charge is 0.496 e. The summed E-state index contributed by atoms with van der Waals surface area (Å²) in [6.45, 7) is 9.11. The van der Waals surface area contributed by atoms with Crippen LogP contribution in [-0.2, 0) is 16.1 Å². The van der Waals surface area contributed by atoms with Crippen molar-refractivity contribution in [3.63, 3.8) is 0 Å². The van der Waals surface area contributed by atoms with Gasteiger partial charge in [-0.25, -0.2) is 4.98 Å². The van der Waals surface area contributed by atoms with Crippen LogP contribution in [0.15, 0.2) is 48.5 Å². The smallest absolute Gasteiger partial charge is 0.224 e. The Hall–Kier alpha value is -3.61. The van der Waals surface area contributed by atoms with E-state index in [0.29, 0.717) is 24.1 Å². The third kappa shape index (κ3) is 6.33. The number of amides is 2. The first kappa shape index (κ1) is 25.5. The van der Waals surface area contributed by atoms with Gasteiger partial charge in [-0.3, -0.25) is 9.59 Å². The molecule has 1 saturated heterocycles. The molecular formula is C29H36N4O3. The molecule has 2 N–H and O–H groups in total. The normalized spacial score (nSPS) is 17.6. The molecule has 2 atom stereocenters. The van der Waals surface area contributed by atoms with Crippen molar-refractivity contribution in [2.75, 3.05) is 30.4 Å². The number of carbonyl (C=O) groups excluding carboxylic acids is 2. The molecule has 0 saturated carbocycles. The molecule has 0 unspecified atom stereocenters. The lowest BCUT2D eigenvalue weighted by atomic mass is 9.92. The fourth-order valence-corrected chi connectivity index (χ4v) is 5.05. The summed E-state index contributed by atoms with van der Waals surface area (Å²) in [5.41, 5.74) is 3.66. The molecule has 2 amide bonds. The van der Waals surface area contributed by atoms with E-state index in [4.69, 9.17) is 9.72 Å². The van der Waals surface area contributed by atoms with Gasteiger partial charge in [-0.15, -0.1) is 0 Å². The van der Waals surface area contributed by atoms with Crippen molar-refractivity contribution >= 4 is 34.2 Å². The maximum absolute atomic E-state index is 12.5. The Balaban J connectivity index is 1.33. The first-order valence-electron chi connectivity index (χ1n) is 12.7. The van der Waals surface area contributed by atoms with Crippen LogP contribution in [0, 0.1) is 18.8 Å². The van der Waals surface area contributed by atoms with E-state index in [9.17, 15) is 9.59 Å². The number of rotatable bonds is 8. The summed E-state index contributed by atoms with van der Waals surface area (Å²) in [7, 11) is 1.60. The Morgan fingerprint density at radius 2 is 1.75 bits per heavy atom. The molecule has 1 fully saturated rings. The highest BCUT2D eigenvalue weighted by Crippen LogP contribution is 2.29. The van der Waals surface area contributed by atoms with Gasteiger partial charge >= 0.3 is 0 Å². The summed E-state index contributed by atoms with van der Waals surface area (Å²) in [4.78, 5) is 32.1. The van der Waals surface area contributed by atoms with Crippen molar-refractivity contribution < 1.29 is 14.3 Å². The number of ether oxygens (including phenoxy) is 1. The van der Waals surface area contributed by atoms with Crippen LogP contribution >= 0.6 is 0 Å². The fraction of sp³-hybridized carbons (Fsp3) is 0.414. The van der Waals surface area contributed by atoms with Crippen LogP contribution in [-0.4, -0.2) is 37.0 Å². The summed E-state index contributed by atoms with van der Waals surface area (Å²) in [5.74, 6) is 2.70. The molecule has 0 aliphatic carbocycles. The van der Waals surface area contributed by atoms with Gasteiger partial charge in [-0.05, 0) is 61.1 Å². The minimum absolute atomic E-state index is 0.108. The lowest BCUT2D eigenvalue weighted by Gasteiger charge is -2.36. The zero-order valence-corrected chi connectivity index (χ0v) is 21.6. The van der Waals surface area contributed by atoms with Crippen molar-refractivity contribution in [3.8, 4) is 5.75 Å². The van der Waals surface area contributed by atoms with E-state index in [0.717, 1.165) is 46.7 Å². The minimum Gasteiger partial charge on any atom is -0.496 e. The number of aromatic nitrogens is 1. The van der Waals surface area contributed by atoms with Crippen LogP contribution in [0.5, 0.6) is 5.75 Å². The number of fused-ring (bicyclic) bond motifs is 1. The molecule has 36 heavy (non-hydrogen) atoms. The van der Waals surface area contributed by atoms with Crippen LogP contribution in [0.2, 0.25) is 0 Å². The molecule has 1 aliphatic rings. The predicted molar refractivity (Wildman–Crippen MR) is 144 cm³/mol. The lowest BCUT2D eigenvalue weighted by Crippen LogP contribution is -2.39. The van der Waals surface area contributed by atoms with Crippen molar-refractivity contribution in [1.29, 1.82) is 0 Å². The van der Waals surface area contributed by atoms with Crippen LogP contribution in [0.25, 0.3) is 10.9 Å². The Morgan fingerprint density at radius 3 is 2.50 bits per heavy atom. The second-order valence-electron chi connectivity index (χ2n) is 10.0. The van der Waals surface area contributed by atoms with E-state index < -0.39 is 0 Å². The number of nitrogens with zero attached hydrogens (tertiary/aromatic N) is 2. The number of aryl methyl sites for hydroxylation is 1. The average molecular weight is 489 g/mol. The van der Waals surface area contributed by atoms with E-state index in [1.54, 1.807) is 7.11 Å².